The van der Waals surface area contributed by atoms with E-state index in [1.165, 1.54) is 22.2 Å². The zero-order valence-electron chi connectivity index (χ0n) is 15.1. The molecule has 140 valence electrons. The van der Waals surface area contributed by atoms with Crippen LogP contribution in [-0.4, -0.2) is 32.3 Å². The number of carbonyl (C=O) groups is 2. The van der Waals surface area contributed by atoms with Gasteiger partial charge in [0.25, 0.3) is 5.91 Å². The van der Waals surface area contributed by atoms with Crippen molar-refractivity contribution in [1.29, 1.82) is 0 Å². The first kappa shape index (κ1) is 19.1. The number of aryl methyl sites for hydroxylation is 1. The summed E-state index contributed by atoms with van der Waals surface area (Å²) in [6.07, 6.45) is 0. The number of nitrogens with two attached hydrogens (primary N) is 1. The lowest BCUT2D eigenvalue weighted by Crippen LogP contribution is -2.19. The lowest BCUT2D eigenvalue weighted by Gasteiger charge is -2.08. The molecule has 0 aliphatic rings. The van der Waals surface area contributed by atoms with Gasteiger partial charge in [0, 0.05) is 22.9 Å². The van der Waals surface area contributed by atoms with Crippen molar-refractivity contribution < 1.29 is 9.59 Å². The highest BCUT2D eigenvalue weighted by molar-refractivity contribution is 7.99. The van der Waals surface area contributed by atoms with Crippen molar-refractivity contribution in [2.24, 2.45) is 12.8 Å². The summed E-state index contributed by atoms with van der Waals surface area (Å²) in [6, 6.07) is 6.64. The normalized spacial score (nSPS) is 10.8. The SMILES string of the molecule is Cc1scc(-c2nnc(SCC(=O)Nc3ccccc3C(N)=O)n2C)c1C. The minimum atomic E-state index is -0.585. The highest BCUT2D eigenvalue weighted by Crippen LogP contribution is 2.30. The largest absolute Gasteiger partial charge is 0.366 e. The van der Waals surface area contributed by atoms with Crippen molar-refractivity contribution in [3.63, 3.8) is 0 Å². The number of aromatic nitrogens is 3. The second-order valence-electron chi connectivity index (χ2n) is 5.94. The van der Waals surface area contributed by atoms with E-state index in [4.69, 9.17) is 5.73 Å². The Bertz CT molecular complexity index is 1010. The fourth-order valence-corrected chi connectivity index (χ4v) is 4.11. The van der Waals surface area contributed by atoms with Crippen LogP contribution in [-0.2, 0) is 11.8 Å². The van der Waals surface area contributed by atoms with E-state index in [1.807, 2.05) is 11.6 Å². The van der Waals surface area contributed by atoms with Gasteiger partial charge in [-0.1, -0.05) is 23.9 Å². The summed E-state index contributed by atoms with van der Waals surface area (Å²) in [6.45, 7) is 4.14. The maximum absolute atomic E-state index is 12.3. The van der Waals surface area contributed by atoms with Crippen LogP contribution in [0.3, 0.4) is 0 Å². The maximum atomic E-state index is 12.3. The number of thiophene rings is 1. The number of rotatable bonds is 6. The van der Waals surface area contributed by atoms with Gasteiger partial charge < -0.3 is 15.6 Å². The molecule has 0 aliphatic heterocycles. The number of anilines is 1. The highest BCUT2D eigenvalue weighted by atomic mass is 32.2. The number of benzene rings is 1. The van der Waals surface area contributed by atoms with Crippen LogP contribution in [0.5, 0.6) is 0 Å². The Hall–Kier alpha value is -2.65. The molecule has 0 unspecified atom stereocenters. The van der Waals surface area contributed by atoms with Gasteiger partial charge >= 0.3 is 0 Å². The Labute approximate surface area is 165 Å². The second kappa shape index (κ2) is 7.93. The summed E-state index contributed by atoms with van der Waals surface area (Å²) >= 11 is 2.96. The number of thioether (sulfide) groups is 1. The van der Waals surface area contributed by atoms with Gasteiger partial charge in [-0.2, -0.15) is 0 Å². The van der Waals surface area contributed by atoms with Gasteiger partial charge in [0.15, 0.2) is 11.0 Å². The van der Waals surface area contributed by atoms with Crippen molar-refractivity contribution in [3.05, 3.63) is 45.6 Å². The molecule has 0 saturated carbocycles. The summed E-state index contributed by atoms with van der Waals surface area (Å²) in [5.74, 6) is 0.0818. The second-order valence-corrected chi connectivity index (χ2v) is 7.97. The lowest BCUT2D eigenvalue weighted by molar-refractivity contribution is -0.113. The molecule has 3 rings (SSSR count). The molecule has 27 heavy (non-hydrogen) atoms. The van der Waals surface area contributed by atoms with E-state index in [0.717, 1.165) is 11.4 Å². The standard InChI is InChI=1S/C18H19N5O2S2/c1-10-11(2)26-8-13(10)17-21-22-18(23(17)3)27-9-15(24)20-14-7-5-4-6-12(14)16(19)25/h4-8H,9H2,1-3H3,(H2,19,25)(H,20,24). The molecule has 0 aliphatic carbocycles. The summed E-state index contributed by atoms with van der Waals surface area (Å²) in [5.41, 5.74) is 8.25. The Morgan fingerprint density at radius 1 is 1.26 bits per heavy atom. The fourth-order valence-electron chi connectivity index (χ4n) is 2.53. The minimum absolute atomic E-state index is 0.140. The third-order valence-corrected chi connectivity index (χ3v) is 6.19. The highest BCUT2D eigenvalue weighted by Gasteiger charge is 2.17. The van der Waals surface area contributed by atoms with Crippen molar-refractivity contribution >= 4 is 40.6 Å². The molecule has 0 spiro atoms. The molecule has 7 nitrogen and oxygen atoms in total. The summed E-state index contributed by atoms with van der Waals surface area (Å²) in [5, 5.41) is 13.9. The molecular weight excluding hydrogens is 382 g/mol. The van der Waals surface area contributed by atoms with Crippen LogP contribution < -0.4 is 11.1 Å². The topological polar surface area (TPSA) is 103 Å². The predicted octanol–water partition coefficient (Wildman–Crippen LogP) is 2.99. The first-order valence-corrected chi connectivity index (χ1v) is 10.0. The summed E-state index contributed by atoms with van der Waals surface area (Å²) in [7, 11) is 1.88. The van der Waals surface area contributed by atoms with E-state index in [1.54, 1.807) is 35.6 Å². The molecule has 0 fully saturated rings. The van der Waals surface area contributed by atoms with E-state index in [9.17, 15) is 9.59 Å². The first-order valence-electron chi connectivity index (χ1n) is 8.14. The van der Waals surface area contributed by atoms with Crippen LogP contribution >= 0.6 is 23.1 Å². The molecular formula is C18H19N5O2S2. The van der Waals surface area contributed by atoms with E-state index in [2.05, 4.69) is 34.7 Å². The molecule has 0 atom stereocenters. The Morgan fingerprint density at radius 2 is 2.00 bits per heavy atom. The number of primary amides is 1. The molecule has 0 radical (unpaired) electrons. The fraction of sp³-hybridized carbons (Fsp3) is 0.222. The van der Waals surface area contributed by atoms with Crippen molar-refractivity contribution in [3.8, 4) is 11.4 Å². The van der Waals surface area contributed by atoms with Crippen LogP contribution in [0.1, 0.15) is 20.8 Å². The monoisotopic (exact) mass is 401 g/mol. The van der Waals surface area contributed by atoms with Crippen LogP contribution in [0.25, 0.3) is 11.4 Å². The number of hydrogen-bond donors (Lipinski definition) is 2. The van der Waals surface area contributed by atoms with Crippen LogP contribution in [0.2, 0.25) is 0 Å². The van der Waals surface area contributed by atoms with Crippen molar-refractivity contribution in [1.82, 2.24) is 14.8 Å². The van der Waals surface area contributed by atoms with Crippen LogP contribution in [0.15, 0.2) is 34.8 Å². The zero-order valence-corrected chi connectivity index (χ0v) is 16.8. The smallest absolute Gasteiger partial charge is 0.250 e. The molecule has 3 N–H and O–H groups in total. The van der Waals surface area contributed by atoms with Gasteiger partial charge in [0.05, 0.1) is 17.0 Å². The Morgan fingerprint density at radius 3 is 2.67 bits per heavy atom. The molecule has 2 aromatic heterocycles. The van der Waals surface area contributed by atoms with Crippen molar-refractivity contribution in [2.75, 3.05) is 11.1 Å². The molecule has 0 saturated heterocycles. The summed E-state index contributed by atoms with van der Waals surface area (Å²) < 4.78 is 1.88. The number of amides is 2. The van der Waals surface area contributed by atoms with Crippen LogP contribution in [0, 0.1) is 13.8 Å². The Kier molecular flexibility index (Phi) is 5.62. The number of nitrogens with one attached hydrogen (secondary N) is 1. The lowest BCUT2D eigenvalue weighted by atomic mass is 10.1. The minimum Gasteiger partial charge on any atom is -0.366 e. The zero-order chi connectivity index (χ0) is 19.6. The number of para-hydroxylation sites is 1. The third-order valence-electron chi connectivity index (χ3n) is 4.16. The van der Waals surface area contributed by atoms with Gasteiger partial charge in [-0.15, -0.1) is 21.5 Å². The predicted molar refractivity (Wildman–Crippen MR) is 108 cm³/mol. The van der Waals surface area contributed by atoms with E-state index >= 15 is 0 Å². The van der Waals surface area contributed by atoms with Gasteiger partial charge in [-0.3, -0.25) is 9.59 Å². The maximum Gasteiger partial charge on any atom is 0.250 e. The van der Waals surface area contributed by atoms with E-state index in [0.29, 0.717) is 10.8 Å². The molecule has 0 bridgehead atoms. The molecule has 3 aromatic rings. The van der Waals surface area contributed by atoms with Gasteiger partial charge in [-0.05, 0) is 31.5 Å². The molecule has 9 heteroatoms. The summed E-state index contributed by atoms with van der Waals surface area (Å²) in [4.78, 5) is 25.0. The Balaban J connectivity index is 1.68. The van der Waals surface area contributed by atoms with E-state index < -0.39 is 5.91 Å². The van der Waals surface area contributed by atoms with Gasteiger partial charge in [0.2, 0.25) is 5.91 Å². The number of nitrogens with zero attached hydrogens (tertiary/aromatic N) is 3. The van der Waals surface area contributed by atoms with Gasteiger partial charge in [-0.25, -0.2) is 0 Å². The molecule has 2 amide bonds. The number of hydrogen-bond acceptors (Lipinski definition) is 6. The van der Waals surface area contributed by atoms with E-state index in [-0.39, 0.29) is 17.2 Å². The van der Waals surface area contributed by atoms with Crippen molar-refractivity contribution in [2.45, 2.75) is 19.0 Å². The third kappa shape index (κ3) is 4.04. The average molecular weight is 402 g/mol. The van der Waals surface area contributed by atoms with Gasteiger partial charge in [0.1, 0.15) is 0 Å². The number of carbonyl (C=O) groups excluding carboxylic acids is 2. The molecule has 2 heterocycles. The molecule has 1 aromatic carbocycles. The first-order chi connectivity index (χ1) is 12.9. The average Bonchev–Trinajstić information content (AvgIpc) is 3.16. The quantitative estimate of drug-likeness (QED) is 0.618. The van der Waals surface area contributed by atoms with Crippen LogP contribution in [0.4, 0.5) is 5.69 Å².